The number of hydrogen-bond acceptors (Lipinski definition) is 3. The van der Waals surface area contributed by atoms with Crippen molar-refractivity contribution in [1.29, 1.82) is 0 Å². The largest absolute Gasteiger partial charge is 0.464 e. The van der Waals surface area contributed by atoms with Gasteiger partial charge in [-0.05, 0) is 34.1 Å². The zero-order valence-electron chi connectivity index (χ0n) is 10.8. The molecule has 0 atom stereocenters. The maximum atomic E-state index is 11.7. The van der Waals surface area contributed by atoms with E-state index in [0.717, 1.165) is 21.1 Å². The number of nitrogens with zero attached hydrogens (tertiary/aromatic N) is 2. The highest BCUT2D eigenvalue weighted by molar-refractivity contribution is 9.10. The maximum absolute atomic E-state index is 11.7. The highest BCUT2D eigenvalue weighted by atomic mass is 79.9. The first-order valence-electron chi connectivity index (χ1n) is 5.50. The van der Waals surface area contributed by atoms with Gasteiger partial charge in [0.05, 0.1) is 12.6 Å². The molecule has 1 aromatic carbocycles. The van der Waals surface area contributed by atoms with E-state index in [1.165, 1.54) is 7.11 Å². The van der Waals surface area contributed by atoms with Crippen molar-refractivity contribution in [3.63, 3.8) is 0 Å². The second-order valence-electron chi connectivity index (χ2n) is 4.34. The molecule has 0 saturated carbocycles. The molecule has 0 aliphatic carbocycles. The number of fused-ring (bicyclic) bond motifs is 1. The Morgan fingerprint density at radius 2 is 2.00 bits per heavy atom. The standard InChI is InChI=1S/C13H15BrN2O2/c1-15(2)9-5-8-6-11(13(17)18-4)16(3)12(8)10(14)7-9/h5-7H,1-4H3. The van der Waals surface area contributed by atoms with Gasteiger partial charge in [-0.3, -0.25) is 0 Å². The van der Waals surface area contributed by atoms with Gasteiger partial charge in [-0.15, -0.1) is 0 Å². The van der Waals surface area contributed by atoms with Crippen LogP contribution in [-0.4, -0.2) is 31.7 Å². The Morgan fingerprint density at radius 3 is 2.56 bits per heavy atom. The van der Waals surface area contributed by atoms with Crippen LogP contribution in [0.5, 0.6) is 0 Å². The van der Waals surface area contributed by atoms with Crippen molar-refractivity contribution in [2.75, 3.05) is 26.1 Å². The second-order valence-corrected chi connectivity index (χ2v) is 5.19. The molecule has 0 fully saturated rings. The van der Waals surface area contributed by atoms with Gasteiger partial charge in [-0.25, -0.2) is 4.79 Å². The SMILES string of the molecule is COC(=O)c1cc2cc(N(C)C)cc(Br)c2n1C. The molecular weight excluding hydrogens is 296 g/mol. The fourth-order valence-electron chi connectivity index (χ4n) is 1.99. The number of halogens is 1. The third-order valence-corrected chi connectivity index (χ3v) is 3.58. The molecule has 4 nitrogen and oxygen atoms in total. The highest BCUT2D eigenvalue weighted by Crippen LogP contribution is 2.31. The van der Waals surface area contributed by atoms with E-state index in [4.69, 9.17) is 4.74 Å². The predicted molar refractivity (Wildman–Crippen MR) is 76.3 cm³/mol. The van der Waals surface area contributed by atoms with E-state index < -0.39 is 0 Å². The Balaban J connectivity index is 2.72. The van der Waals surface area contributed by atoms with Crippen LogP contribution in [0.25, 0.3) is 10.9 Å². The molecule has 2 rings (SSSR count). The van der Waals surface area contributed by atoms with E-state index in [9.17, 15) is 4.79 Å². The molecule has 0 aliphatic heterocycles. The van der Waals surface area contributed by atoms with Gasteiger partial charge in [-0.2, -0.15) is 0 Å². The Bertz CT molecular complexity index is 617. The predicted octanol–water partition coefficient (Wildman–Crippen LogP) is 2.79. The van der Waals surface area contributed by atoms with Crippen LogP contribution in [0.15, 0.2) is 22.7 Å². The zero-order valence-corrected chi connectivity index (χ0v) is 12.4. The Hall–Kier alpha value is -1.49. The number of benzene rings is 1. The number of carbonyl (C=O) groups excluding carboxylic acids is 1. The molecule has 2 aromatic rings. The molecule has 0 saturated heterocycles. The third-order valence-electron chi connectivity index (χ3n) is 2.98. The fourth-order valence-corrected chi connectivity index (χ4v) is 2.72. The molecule has 5 heteroatoms. The van der Waals surface area contributed by atoms with Crippen molar-refractivity contribution >= 4 is 38.5 Å². The average Bonchev–Trinajstić information content (AvgIpc) is 2.66. The molecule has 1 heterocycles. The summed E-state index contributed by atoms with van der Waals surface area (Å²) < 4.78 is 7.58. The summed E-state index contributed by atoms with van der Waals surface area (Å²) >= 11 is 3.55. The first kappa shape index (κ1) is 13.0. The van der Waals surface area contributed by atoms with E-state index in [1.807, 2.05) is 48.8 Å². The number of carbonyl (C=O) groups is 1. The number of aromatic nitrogens is 1. The minimum absolute atomic E-state index is 0.327. The molecule has 18 heavy (non-hydrogen) atoms. The quantitative estimate of drug-likeness (QED) is 0.800. The van der Waals surface area contributed by atoms with Crippen LogP contribution >= 0.6 is 15.9 Å². The highest BCUT2D eigenvalue weighted by Gasteiger charge is 2.16. The summed E-state index contributed by atoms with van der Waals surface area (Å²) in [5, 5.41) is 1.01. The van der Waals surface area contributed by atoms with Crippen LogP contribution in [-0.2, 0) is 11.8 Å². The lowest BCUT2D eigenvalue weighted by atomic mass is 10.2. The van der Waals surface area contributed by atoms with E-state index in [2.05, 4.69) is 15.9 Å². The Morgan fingerprint density at radius 1 is 1.33 bits per heavy atom. The van der Waals surface area contributed by atoms with E-state index in [1.54, 1.807) is 0 Å². The van der Waals surface area contributed by atoms with Crippen molar-refractivity contribution < 1.29 is 9.53 Å². The molecule has 0 amide bonds. The van der Waals surface area contributed by atoms with Gasteiger partial charge in [0.25, 0.3) is 0 Å². The van der Waals surface area contributed by atoms with Crippen molar-refractivity contribution in [1.82, 2.24) is 4.57 Å². The van der Waals surface area contributed by atoms with E-state index in [-0.39, 0.29) is 5.97 Å². The first-order chi connectivity index (χ1) is 8.45. The molecule has 0 bridgehead atoms. The molecule has 0 aliphatic rings. The topological polar surface area (TPSA) is 34.5 Å². The summed E-state index contributed by atoms with van der Waals surface area (Å²) in [5.74, 6) is -0.327. The van der Waals surface area contributed by atoms with Gasteiger partial charge in [0.1, 0.15) is 5.69 Å². The molecular formula is C13H15BrN2O2. The fraction of sp³-hybridized carbons (Fsp3) is 0.308. The van der Waals surface area contributed by atoms with Gasteiger partial charge in [0.15, 0.2) is 0 Å². The van der Waals surface area contributed by atoms with Crippen molar-refractivity contribution in [2.24, 2.45) is 7.05 Å². The molecule has 96 valence electrons. The molecule has 0 radical (unpaired) electrons. The smallest absolute Gasteiger partial charge is 0.354 e. The van der Waals surface area contributed by atoms with Gasteiger partial charge in [-0.1, -0.05) is 0 Å². The summed E-state index contributed by atoms with van der Waals surface area (Å²) in [6.07, 6.45) is 0. The van der Waals surface area contributed by atoms with Crippen LogP contribution in [0, 0.1) is 0 Å². The lowest BCUT2D eigenvalue weighted by Gasteiger charge is -2.13. The summed E-state index contributed by atoms with van der Waals surface area (Å²) in [5.41, 5.74) is 2.61. The number of ether oxygens (including phenoxy) is 1. The number of anilines is 1. The number of hydrogen-bond donors (Lipinski definition) is 0. The Kier molecular flexibility index (Phi) is 3.34. The normalized spacial score (nSPS) is 10.7. The van der Waals surface area contributed by atoms with Gasteiger partial charge >= 0.3 is 5.97 Å². The summed E-state index contributed by atoms with van der Waals surface area (Å²) in [6.45, 7) is 0. The van der Waals surface area contributed by atoms with Crippen molar-refractivity contribution in [2.45, 2.75) is 0 Å². The third kappa shape index (κ3) is 1.99. The zero-order chi connectivity index (χ0) is 13.4. The average molecular weight is 311 g/mol. The van der Waals surface area contributed by atoms with Crippen molar-refractivity contribution in [3.05, 3.63) is 28.4 Å². The van der Waals surface area contributed by atoms with Crippen LogP contribution in [0.1, 0.15) is 10.5 Å². The van der Waals surface area contributed by atoms with Crippen LogP contribution in [0.2, 0.25) is 0 Å². The molecule has 0 unspecified atom stereocenters. The van der Waals surface area contributed by atoms with E-state index in [0.29, 0.717) is 5.69 Å². The van der Waals surface area contributed by atoms with Gasteiger partial charge in [0, 0.05) is 36.7 Å². The number of rotatable bonds is 2. The van der Waals surface area contributed by atoms with Crippen LogP contribution < -0.4 is 4.90 Å². The van der Waals surface area contributed by atoms with Gasteiger partial charge < -0.3 is 14.2 Å². The number of aryl methyl sites for hydroxylation is 1. The molecule has 1 aromatic heterocycles. The minimum atomic E-state index is -0.327. The molecule has 0 N–H and O–H groups in total. The van der Waals surface area contributed by atoms with Gasteiger partial charge in [0.2, 0.25) is 0 Å². The first-order valence-corrected chi connectivity index (χ1v) is 6.29. The summed E-state index contributed by atoms with van der Waals surface area (Å²) in [4.78, 5) is 13.7. The van der Waals surface area contributed by atoms with Crippen molar-refractivity contribution in [3.8, 4) is 0 Å². The lowest BCUT2D eigenvalue weighted by molar-refractivity contribution is 0.0590. The summed E-state index contributed by atoms with van der Waals surface area (Å²) in [6, 6.07) is 5.93. The lowest BCUT2D eigenvalue weighted by Crippen LogP contribution is -2.08. The minimum Gasteiger partial charge on any atom is -0.464 e. The second kappa shape index (κ2) is 4.65. The molecule has 0 spiro atoms. The Labute approximate surface area is 114 Å². The number of methoxy groups -OCH3 is 1. The maximum Gasteiger partial charge on any atom is 0.354 e. The monoisotopic (exact) mass is 310 g/mol. The number of esters is 1. The van der Waals surface area contributed by atoms with Crippen LogP contribution in [0.4, 0.5) is 5.69 Å². The summed E-state index contributed by atoms with van der Waals surface area (Å²) in [7, 11) is 7.21. The van der Waals surface area contributed by atoms with Crippen LogP contribution in [0.3, 0.4) is 0 Å². The van der Waals surface area contributed by atoms with E-state index >= 15 is 0 Å².